The fourth-order valence-electron chi connectivity index (χ4n) is 2.74. The first-order valence-corrected chi connectivity index (χ1v) is 6.68. The minimum atomic E-state index is 1.10. The Labute approximate surface area is 109 Å². The first kappa shape index (κ1) is 11.3. The second-order valence-electron chi connectivity index (χ2n) is 4.79. The van der Waals surface area contributed by atoms with Crippen LogP contribution in [0.25, 0.3) is 0 Å². The molecule has 1 nitrogen and oxygen atoms in total. The number of anilines is 2. The number of rotatable bonds is 3. The average molecular weight is 236 g/mol. The number of hydrogen-bond donors (Lipinski definition) is 0. The largest absolute Gasteiger partial charge is 0.332 e. The minimum Gasteiger partial charge on any atom is -0.332 e. The maximum atomic E-state index is 2.43. The van der Waals surface area contributed by atoms with Crippen molar-refractivity contribution in [3.63, 3.8) is 0 Å². The molecule has 0 aliphatic carbocycles. The molecule has 0 amide bonds. The highest BCUT2D eigenvalue weighted by Gasteiger charge is 2.29. The van der Waals surface area contributed by atoms with Crippen LogP contribution >= 0.6 is 0 Å². The van der Waals surface area contributed by atoms with Crippen LogP contribution in [0.15, 0.2) is 54.6 Å². The average Bonchev–Trinajstić information content (AvgIpc) is 2.78. The second-order valence-corrected chi connectivity index (χ2v) is 4.79. The van der Waals surface area contributed by atoms with Crippen molar-refractivity contribution in [1.29, 1.82) is 0 Å². The van der Waals surface area contributed by atoms with Gasteiger partial charge in [-0.15, -0.1) is 0 Å². The molecule has 1 heteroatoms. The Kier molecular flexibility index (Phi) is 3.06. The summed E-state index contributed by atoms with van der Waals surface area (Å²) in [7, 11) is 0. The fraction of sp³-hybridized carbons (Fsp3) is 0.235. The van der Waals surface area contributed by atoms with E-state index in [1.54, 1.807) is 0 Å². The van der Waals surface area contributed by atoms with Crippen molar-refractivity contribution < 1.29 is 0 Å². The zero-order chi connectivity index (χ0) is 12.4. The summed E-state index contributed by atoms with van der Waals surface area (Å²) < 4.78 is 0. The summed E-state index contributed by atoms with van der Waals surface area (Å²) in [5, 5.41) is 0. The lowest BCUT2D eigenvalue weighted by Gasteiger charge is -2.26. The quantitative estimate of drug-likeness (QED) is 0.745. The van der Waals surface area contributed by atoms with E-state index in [9.17, 15) is 0 Å². The number of fused-ring (bicyclic) bond motifs is 1. The van der Waals surface area contributed by atoms with Gasteiger partial charge >= 0.3 is 0 Å². The van der Waals surface area contributed by atoms with E-state index in [-0.39, 0.29) is 0 Å². The number of hydrogen-bond acceptors (Lipinski definition) is 1. The molecule has 1 heterocycles. The summed E-state index contributed by atoms with van der Waals surface area (Å²) in [6, 6.07) is 20.9. The van der Waals surface area contributed by atoms with E-state index in [0.717, 1.165) is 6.42 Å². The van der Waals surface area contributed by atoms with Gasteiger partial charge in [-0.05, 0) is 30.2 Å². The first-order chi connectivity index (χ1) is 8.90. The molecule has 0 unspecified atom stereocenters. The number of para-hydroxylation sites is 2. The van der Waals surface area contributed by atoms with Crippen LogP contribution in [-0.2, 0) is 6.42 Å². The van der Waals surface area contributed by atoms with E-state index in [0.29, 0.717) is 0 Å². The van der Waals surface area contributed by atoms with Crippen LogP contribution in [0.4, 0.5) is 11.4 Å². The van der Waals surface area contributed by atoms with E-state index >= 15 is 0 Å². The Morgan fingerprint density at radius 2 is 1.67 bits per heavy atom. The Bertz CT molecular complexity index is 518. The molecule has 1 radical (unpaired) electrons. The van der Waals surface area contributed by atoms with Crippen molar-refractivity contribution in [3.8, 4) is 0 Å². The zero-order valence-corrected chi connectivity index (χ0v) is 10.8. The summed E-state index contributed by atoms with van der Waals surface area (Å²) in [5.41, 5.74) is 4.09. The molecule has 0 aromatic heterocycles. The van der Waals surface area contributed by atoms with Crippen LogP contribution in [0, 0.1) is 6.04 Å². The molecule has 2 aromatic carbocycles. The van der Waals surface area contributed by atoms with Crippen molar-refractivity contribution in [2.45, 2.75) is 26.2 Å². The van der Waals surface area contributed by atoms with E-state index in [1.165, 1.54) is 35.8 Å². The molecule has 1 aliphatic heterocycles. The maximum absolute atomic E-state index is 2.43. The molecular weight excluding hydrogens is 218 g/mol. The van der Waals surface area contributed by atoms with Gasteiger partial charge in [0.1, 0.15) is 0 Å². The predicted molar refractivity (Wildman–Crippen MR) is 76.9 cm³/mol. The maximum Gasteiger partial charge on any atom is 0.0730 e. The first-order valence-electron chi connectivity index (χ1n) is 6.68. The van der Waals surface area contributed by atoms with Gasteiger partial charge in [0.15, 0.2) is 0 Å². The molecule has 0 spiro atoms. The van der Waals surface area contributed by atoms with Crippen molar-refractivity contribution in [1.82, 2.24) is 0 Å². The number of benzene rings is 2. The van der Waals surface area contributed by atoms with Crippen LogP contribution in [0.1, 0.15) is 25.3 Å². The molecule has 91 valence electrons. The van der Waals surface area contributed by atoms with Gasteiger partial charge in [0.05, 0.1) is 6.04 Å². The third-order valence-electron chi connectivity index (χ3n) is 3.50. The van der Waals surface area contributed by atoms with Crippen LogP contribution in [0.2, 0.25) is 0 Å². The molecule has 0 N–H and O–H groups in total. The third kappa shape index (κ3) is 1.90. The highest BCUT2D eigenvalue weighted by Crippen LogP contribution is 2.43. The molecule has 0 atom stereocenters. The summed E-state index contributed by atoms with van der Waals surface area (Å²) in [4.78, 5) is 2.43. The second kappa shape index (κ2) is 4.85. The summed E-state index contributed by atoms with van der Waals surface area (Å²) >= 11 is 0. The van der Waals surface area contributed by atoms with Gasteiger partial charge in [0, 0.05) is 17.8 Å². The lowest BCUT2D eigenvalue weighted by molar-refractivity contribution is 0.751. The van der Waals surface area contributed by atoms with Crippen molar-refractivity contribution in [2.75, 3.05) is 4.90 Å². The molecule has 0 saturated carbocycles. The smallest absolute Gasteiger partial charge is 0.0730 e. The lowest BCUT2D eigenvalue weighted by Crippen LogP contribution is -2.19. The van der Waals surface area contributed by atoms with E-state index in [2.05, 4.69) is 66.4 Å². The fourth-order valence-corrected chi connectivity index (χ4v) is 2.74. The topological polar surface area (TPSA) is 3.24 Å². The summed E-state index contributed by atoms with van der Waals surface area (Å²) in [6.07, 6.45) is 3.47. The minimum absolute atomic E-state index is 1.10. The summed E-state index contributed by atoms with van der Waals surface area (Å²) in [5.74, 6) is 0. The molecule has 3 rings (SSSR count). The number of nitrogens with zero attached hydrogens (tertiary/aromatic N) is 1. The highest BCUT2D eigenvalue weighted by molar-refractivity contribution is 5.74. The molecular formula is C17H18N. The van der Waals surface area contributed by atoms with Gasteiger partial charge in [0.25, 0.3) is 0 Å². The van der Waals surface area contributed by atoms with Crippen LogP contribution in [0.5, 0.6) is 0 Å². The normalized spacial score (nSPS) is 14.8. The van der Waals surface area contributed by atoms with Crippen molar-refractivity contribution in [2.24, 2.45) is 0 Å². The molecule has 2 aromatic rings. The SMILES string of the molecule is CCC[C]1Cc2ccccc2N1c1ccccc1. The van der Waals surface area contributed by atoms with E-state index < -0.39 is 0 Å². The van der Waals surface area contributed by atoms with Crippen LogP contribution in [-0.4, -0.2) is 0 Å². The molecule has 0 fully saturated rings. The van der Waals surface area contributed by atoms with Gasteiger partial charge in [-0.1, -0.05) is 49.7 Å². The van der Waals surface area contributed by atoms with Gasteiger partial charge in [-0.2, -0.15) is 0 Å². The van der Waals surface area contributed by atoms with Gasteiger partial charge in [-0.3, -0.25) is 0 Å². The Hall–Kier alpha value is -1.76. The molecule has 0 bridgehead atoms. The lowest BCUT2D eigenvalue weighted by atomic mass is 10.1. The highest BCUT2D eigenvalue weighted by atomic mass is 15.2. The van der Waals surface area contributed by atoms with E-state index in [4.69, 9.17) is 0 Å². The van der Waals surface area contributed by atoms with Gasteiger partial charge in [-0.25, -0.2) is 0 Å². The standard InChI is InChI=1S/C17H18N/c1-2-8-16-13-14-9-6-7-12-17(14)18(16)15-10-4-3-5-11-15/h3-7,9-12H,2,8,13H2,1H3. The van der Waals surface area contributed by atoms with Crippen molar-refractivity contribution in [3.05, 3.63) is 66.2 Å². The van der Waals surface area contributed by atoms with Crippen LogP contribution < -0.4 is 4.90 Å². The Balaban J connectivity index is 2.03. The third-order valence-corrected chi connectivity index (χ3v) is 3.50. The van der Waals surface area contributed by atoms with Gasteiger partial charge < -0.3 is 4.90 Å². The summed E-state index contributed by atoms with van der Waals surface area (Å²) in [6.45, 7) is 2.25. The monoisotopic (exact) mass is 236 g/mol. The molecule has 1 aliphatic rings. The van der Waals surface area contributed by atoms with Gasteiger partial charge in [0.2, 0.25) is 0 Å². The zero-order valence-electron chi connectivity index (χ0n) is 10.8. The molecule has 0 saturated heterocycles. The predicted octanol–water partition coefficient (Wildman–Crippen LogP) is 4.71. The van der Waals surface area contributed by atoms with Crippen LogP contribution in [0.3, 0.4) is 0 Å². The Morgan fingerprint density at radius 3 is 2.44 bits per heavy atom. The molecule has 18 heavy (non-hydrogen) atoms. The van der Waals surface area contributed by atoms with Crippen molar-refractivity contribution >= 4 is 11.4 Å². The Morgan fingerprint density at radius 1 is 0.944 bits per heavy atom. The van der Waals surface area contributed by atoms with E-state index in [1.807, 2.05) is 0 Å².